The van der Waals surface area contributed by atoms with E-state index in [1.807, 2.05) is 11.0 Å². The second kappa shape index (κ2) is 6.96. The van der Waals surface area contributed by atoms with Crippen molar-refractivity contribution < 1.29 is 14.1 Å². The van der Waals surface area contributed by atoms with Crippen LogP contribution < -0.4 is 0 Å². The fraction of sp³-hybridized carbons (Fsp3) is 0.444. The van der Waals surface area contributed by atoms with E-state index in [4.69, 9.17) is 9.26 Å². The van der Waals surface area contributed by atoms with Gasteiger partial charge in [0.05, 0.1) is 6.04 Å². The van der Waals surface area contributed by atoms with E-state index in [1.165, 1.54) is 11.1 Å². The van der Waals surface area contributed by atoms with Crippen LogP contribution in [0, 0.1) is 0 Å². The van der Waals surface area contributed by atoms with Gasteiger partial charge in [0, 0.05) is 19.7 Å². The Morgan fingerprint density at radius 3 is 3.04 bits per heavy atom. The lowest BCUT2D eigenvalue weighted by Crippen LogP contribution is -2.40. The molecule has 0 N–H and O–H groups in total. The van der Waals surface area contributed by atoms with Gasteiger partial charge in [-0.2, -0.15) is 0 Å². The van der Waals surface area contributed by atoms with E-state index in [1.54, 1.807) is 13.2 Å². The highest BCUT2D eigenvalue weighted by molar-refractivity contribution is 5.92. The number of aromatic nitrogens is 1. The molecule has 5 nitrogen and oxygen atoms in total. The number of methoxy groups -OCH3 is 1. The van der Waals surface area contributed by atoms with Crippen LogP contribution in [0.5, 0.6) is 0 Å². The molecular weight excluding hydrogens is 292 g/mol. The molecule has 1 aliphatic rings. The Labute approximate surface area is 136 Å². The maximum atomic E-state index is 12.9. The second-order valence-corrected chi connectivity index (χ2v) is 5.86. The summed E-state index contributed by atoms with van der Waals surface area (Å²) in [5, 5.41) is 3.91. The maximum absolute atomic E-state index is 12.9. The van der Waals surface area contributed by atoms with Gasteiger partial charge in [-0.15, -0.1) is 0 Å². The first-order valence-corrected chi connectivity index (χ1v) is 8.08. The van der Waals surface area contributed by atoms with Gasteiger partial charge in [0.15, 0.2) is 11.5 Å². The van der Waals surface area contributed by atoms with E-state index in [0.29, 0.717) is 24.6 Å². The zero-order valence-corrected chi connectivity index (χ0v) is 13.6. The number of amides is 1. The molecular formula is C18H22N2O3. The number of fused-ring (bicyclic) bond motifs is 1. The molecule has 122 valence electrons. The van der Waals surface area contributed by atoms with Crippen LogP contribution in [0.1, 0.15) is 53.2 Å². The van der Waals surface area contributed by atoms with Crippen LogP contribution in [0.2, 0.25) is 0 Å². The second-order valence-electron chi connectivity index (χ2n) is 5.86. The summed E-state index contributed by atoms with van der Waals surface area (Å²) in [6.07, 6.45) is 2.85. The minimum atomic E-state index is -0.0657. The van der Waals surface area contributed by atoms with Crippen molar-refractivity contribution in [3.8, 4) is 0 Å². The van der Waals surface area contributed by atoms with Crippen LogP contribution in [0.15, 0.2) is 34.9 Å². The highest BCUT2D eigenvalue weighted by Crippen LogP contribution is 2.34. The molecule has 1 aromatic heterocycles. The zero-order valence-electron chi connectivity index (χ0n) is 13.6. The standard InChI is InChI=1S/C18H22N2O3/c1-3-6-17-15-8-5-4-7-13(15)9-10-20(17)18(21)16-11-14(12-22-2)23-19-16/h4-5,7-8,11,17H,3,6,9-10,12H2,1-2H3/t17-/m1/s1. The zero-order chi connectivity index (χ0) is 16.2. The first-order valence-electron chi connectivity index (χ1n) is 8.08. The van der Waals surface area contributed by atoms with Crippen molar-refractivity contribution in [2.75, 3.05) is 13.7 Å². The largest absolute Gasteiger partial charge is 0.377 e. The number of hydrogen-bond donors (Lipinski definition) is 0. The summed E-state index contributed by atoms with van der Waals surface area (Å²) < 4.78 is 10.2. The summed E-state index contributed by atoms with van der Waals surface area (Å²) in [5.41, 5.74) is 2.96. The SMILES string of the molecule is CCC[C@@H]1c2ccccc2CCN1C(=O)c1cc(COC)on1. The molecule has 0 fully saturated rings. The smallest absolute Gasteiger partial charge is 0.276 e. The van der Waals surface area contributed by atoms with E-state index in [-0.39, 0.29) is 11.9 Å². The summed E-state index contributed by atoms with van der Waals surface area (Å²) in [4.78, 5) is 14.8. The van der Waals surface area contributed by atoms with Crippen LogP contribution in [0.25, 0.3) is 0 Å². The molecule has 1 atom stereocenters. The van der Waals surface area contributed by atoms with Gasteiger partial charge >= 0.3 is 0 Å². The van der Waals surface area contributed by atoms with Crippen LogP contribution in [0.4, 0.5) is 0 Å². The van der Waals surface area contributed by atoms with Gasteiger partial charge in [-0.3, -0.25) is 4.79 Å². The van der Waals surface area contributed by atoms with E-state index < -0.39 is 0 Å². The summed E-state index contributed by atoms with van der Waals surface area (Å²) in [5.74, 6) is 0.504. The van der Waals surface area contributed by atoms with Crippen molar-refractivity contribution in [3.63, 3.8) is 0 Å². The van der Waals surface area contributed by atoms with Gasteiger partial charge in [-0.05, 0) is 24.0 Å². The first-order chi connectivity index (χ1) is 11.2. The molecule has 2 heterocycles. The lowest BCUT2D eigenvalue weighted by molar-refractivity contribution is 0.0638. The summed E-state index contributed by atoms with van der Waals surface area (Å²) in [7, 11) is 1.59. The molecule has 0 saturated carbocycles. The van der Waals surface area contributed by atoms with Gasteiger partial charge in [0.2, 0.25) is 0 Å². The summed E-state index contributed by atoms with van der Waals surface area (Å²) in [6.45, 7) is 3.18. The van der Waals surface area contributed by atoms with Crippen LogP contribution in [0.3, 0.4) is 0 Å². The number of rotatable bonds is 5. The molecule has 1 aromatic carbocycles. The molecule has 0 radical (unpaired) electrons. The Morgan fingerprint density at radius 2 is 2.26 bits per heavy atom. The predicted octanol–water partition coefficient (Wildman–Crippen LogP) is 3.36. The monoisotopic (exact) mass is 314 g/mol. The van der Waals surface area contributed by atoms with Crippen LogP contribution in [-0.4, -0.2) is 29.6 Å². The minimum Gasteiger partial charge on any atom is -0.377 e. The molecule has 5 heteroatoms. The number of benzene rings is 1. The van der Waals surface area contributed by atoms with Crippen LogP contribution >= 0.6 is 0 Å². The molecule has 0 unspecified atom stereocenters. The number of ether oxygens (including phenoxy) is 1. The quantitative estimate of drug-likeness (QED) is 0.849. The molecule has 0 spiro atoms. The Morgan fingerprint density at radius 1 is 1.43 bits per heavy atom. The third-order valence-electron chi connectivity index (χ3n) is 4.30. The Hall–Kier alpha value is -2.14. The predicted molar refractivity (Wildman–Crippen MR) is 86.0 cm³/mol. The lowest BCUT2D eigenvalue weighted by Gasteiger charge is -2.37. The van der Waals surface area contributed by atoms with Gasteiger partial charge < -0.3 is 14.2 Å². The normalized spacial score (nSPS) is 17.1. The Bertz CT molecular complexity index is 680. The third kappa shape index (κ3) is 3.15. The maximum Gasteiger partial charge on any atom is 0.276 e. The number of carbonyl (C=O) groups is 1. The first kappa shape index (κ1) is 15.7. The molecule has 1 aliphatic heterocycles. The third-order valence-corrected chi connectivity index (χ3v) is 4.30. The Balaban J connectivity index is 1.87. The highest BCUT2D eigenvalue weighted by atomic mass is 16.5. The summed E-state index contributed by atoms with van der Waals surface area (Å²) >= 11 is 0. The minimum absolute atomic E-state index is 0.0657. The fourth-order valence-corrected chi connectivity index (χ4v) is 3.25. The molecule has 2 aromatic rings. The van der Waals surface area contributed by atoms with Crippen molar-refractivity contribution >= 4 is 5.91 Å². The van der Waals surface area contributed by atoms with Gasteiger partial charge in [0.1, 0.15) is 6.61 Å². The van der Waals surface area contributed by atoms with Crippen molar-refractivity contribution in [2.45, 2.75) is 38.8 Å². The lowest BCUT2D eigenvalue weighted by atomic mass is 9.90. The van der Waals surface area contributed by atoms with E-state index in [9.17, 15) is 4.79 Å². The molecule has 3 rings (SSSR count). The molecule has 23 heavy (non-hydrogen) atoms. The summed E-state index contributed by atoms with van der Waals surface area (Å²) in [6, 6.07) is 10.2. The van der Waals surface area contributed by atoms with Crippen molar-refractivity contribution in [1.29, 1.82) is 0 Å². The van der Waals surface area contributed by atoms with Crippen molar-refractivity contribution in [3.05, 3.63) is 52.9 Å². The number of nitrogens with zero attached hydrogens (tertiary/aromatic N) is 2. The molecule has 0 bridgehead atoms. The van der Waals surface area contributed by atoms with E-state index >= 15 is 0 Å². The molecule has 0 saturated heterocycles. The number of hydrogen-bond acceptors (Lipinski definition) is 4. The van der Waals surface area contributed by atoms with Gasteiger partial charge in [-0.1, -0.05) is 42.8 Å². The molecule has 1 amide bonds. The average Bonchev–Trinajstić information content (AvgIpc) is 3.04. The fourth-order valence-electron chi connectivity index (χ4n) is 3.25. The topological polar surface area (TPSA) is 55.6 Å². The van der Waals surface area contributed by atoms with E-state index in [0.717, 1.165) is 19.3 Å². The highest BCUT2D eigenvalue weighted by Gasteiger charge is 2.31. The number of carbonyl (C=O) groups excluding carboxylic acids is 1. The molecule has 0 aliphatic carbocycles. The van der Waals surface area contributed by atoms with Gasteiger partial charge in [0.25, 0.3) is 5.91 Å². The van der Waals surface area contributed by atoms with E-state index in [2.05, 4.69) is 30.3 Å². The van der Waals surface area contributed by atoms with Crippen molar-refractivity contribution in [2.24, 2.45) is 0 Å². The van der Waals surface area contributed by atoms with Gasteiger partial charge in [-0.25, -0.2) is 0 Å². The van der Waals surface area contributed by atoms with Crippen LogP contribution in [-0.2, 0) is 17.8 Å². The average molecular weight is 314 g/mol. The van der Waals surface area contributed by atoms with Crippen molar-refractivity contribution in [1.82, 2.24) is 10.1 Å². The Kier molecular flexibility index (Phi) is 4.76.